The molecule has 1 aromatic carbocycles. The molecule has 0 aliphatic carbocycles. The first-order valence-electron chi connectivity index (χ1n) is 7.35. The summed E-state index contributed by atoms with van der Waals surface area (Å²) in [4.78, 5) is 17.0. The van der Waals surface area contributed by atoms with Crippen molar-refractivity contribution in [3.05, 3.63) is 71.4 Å². The summed E-state index contributed by atoms with van der Waals surface area (Å²) in [5, 5.41) is 4.78. The monoisotopic (exact) mass is 303 g/mol. The van der Waals surface area contributed by atoms with Gasteiger partial charge in [-0.15, -0.1) is 0 Å². The minimum absolute atomic E-state index is 0.135. The van der Waals surface area contributed by atoms with Crippen molar-refractivity contribution in [2.75, 3.05) is 0 Å². The quantitative estimate of drug-likeness (QED) is 0.546. The molecule has 0 saturated heterocycles. The van der Waals surface area contributed by atoms with Crippen molar-refractivity contribution in [1.82, 2.24) is 19.2 Å². The van der Waals surface area contributed by atoms with E-state index in [0.29, 0.717) is 11.0 Å². The number of benzene rings is 1. The topological polar surface area (TPSA) is 52.7 Å². The van der Waals surface area contributed by atoms with E-state index in [1.165, 1.54) is 10.8 Å². The SMILES string of the molecule is C/C=C\C=C(/C)n1ncc2c(=O)n([B]c3ccccc3)cnc21. The number of hydrogen-bond acceptors (Lipinski definition) is 3. The molecule has 23 heavy (non-hydrogen) atoms. The third-order valence-corrected chi connectivity index (χ3v) is 3.46. The summed E-state index contributed by atoms with van der Waals surface area (Å²) in [6, 6.07) is 9.66. The van der Waals surface area contributed by atoms with E-state index in [1.807, 2.05) is 62.4 Å². The van der Waals surface area contributed by atoms with Crippen molar-refractivity contribution >= 4 is 29.6 Å². The molecular formula is C17H16BN4O. The van der Waals surface area contributed by atoms with E-state index in [1.54, 1.807) is 18.3 Å². The van der Waals surface area contributed by atoms with Crippen LogP contribution in [-0.4, -0.2) is 26.7 Å². The van der Waals surface area contributed by atoms with Gasteiger partial charge in [-0.3, -0.25) is 4.79 Å². The summed E-state index contributed by atoms with van der Waals surface area (Å²) < 4.78 is 3.15. The van der Waals surface area contributed by atoms with E-state index < -0.39 is 0 Å². The van der Waals surface area contributed by atoms with Crippen LogP contribution in [0.25, 0.3) is 16.7 Å². The second-order valence-corrected chi connectivity index (χ2v) is 5.12. The molecule has 0 amide bonds. The average Bonchev–Trinajstić information content (AvgIpc) is 3.01. The molecular weight excluding hydrogens is 287 g/mol. The molecule has 5 nitrogen and oxygen atoms in total. The molecule has 0 fully saturated rings. The smallest absolute Gasteiger partial charge is 0.296 e. The van der Waals surface area contributed by atoms with Gasteiger partial charge >= 0.3 is 0 Å². The lowest BCUT2D eigenvalue weighted by molar-refractivity contribution is 0.906. The van der Waals surface area contributed by atoms with Gasteiger partial charge in [0.15, 0.2) is 5.65 Å². The lowest BCUT2D eigenvalue weighted by Gasteiger charge is -2.05. The fraction of sp³-hybridized carbons (Fsp3) is 0.118. The van der Waals surface area contributed by atoms with Gasteiger partial charge in [-0.25, -0.2) is 9.67 Å². The Morgan fingerprint density at radius 3 is 2.78 bits per heavy atom. The van der Waals surface area contributed by atoms with E-state index in [0.717, 1.165) is 11.2 Å². The zero-order chi connectivity index (χ0) is 16.2. The molecule has 3 rings (SSSR count). The van der Waals surface area contributed by atoms with Crippen LogP contribution in [0.4, 0.5) is 0 Å². The molecule has 2 aromatic heterocycles. The molecule has 0 unspecified atom stereocenters. The van der Waals surface area contributed by atoms with Gasteiger partial charge < -0.3 is 4.48 Å². The second-order valence-electron chi connectivity index (χ2n) is 5.12. The third kappa shape index (κ3) is 3.01. The predicted molar refractivity (Wildman–Crippen MR) is 93.8 cm³/mol. The Bertz CT molecular complexity index is 938. The summed E-state index contributed by atoms with van der Waals surface area (Å²) in [6.07, 6.45) is 8.87. The van der Waals surface area contributed by atoms with Crippen LogP contribution in [0.15, 0.2) is 65.9 Å². The Morgan fingerprint density at radius 1 is 1.26 bits per heavy atom. The first kappa shape index (κ1) is 15.0. The van der Waals surface area contributed by atoms with Crippen LogP contribution in [0.5, 0.6) is 0 Å². The van der Waals surface area contributed by atoms with Gasteiger partial charge in [0, 0.05) is 5.70 Å². The van der Waals surface area contributed by atoms with Gasteiger partial charge in [-0.2, -0.15) is 5.10 Å². The van der Waals surface area contributed by atoms with Crippen molar-refractivity contribution in [2.45, 2.75) is 13.8 Å². The van der Waals surface area contributed by atoms with Crippen LogP contribution in [0, 0.1) is 0 Å². The van der Waals surface area contributed by atoms with Crippen molar-refractivity contribution < 1.29 is 0 Å². The van der Waals surface area contributed by atoms with Crippen molar-refractivity contribution in [2.24, 2.45) is 0 Å². The van der Waals surface area contributed by atoms with Crippen LogP contribution in [0.1, 0.15) is 13.8 Å². The fourth-order valence-corrected chi connectivity index (χ4v) is 2.28. The number of aromatic nitrogens is 4. The molecule has 0 aliphatic rings. The van der Waals surface area contributed by atoms with Gasteiger partial charge in [0.1, 0.15) is 5.39 Å². The Balaban J connectivity index is 2.03. The van der Waals surface area contributed by atoms with Gasteiger partial charge in [0.25, 0.3) is 13.0 Å². The Morgan fingerprint density at radius 2 is 2.04 bits per heavy atom. The van der Waals surface area contributed by atoms with Crippen LogP contribution >= 0.6 is 0 Å². The Labute approximate surface area is 134 Å². The number of nitrogens with zero attached hydrogens (tertiary/aromatic N) is 4. The molecule has 113 valence electrons. The van der Waals surface area contributed by atoms with Crippen LogP contribution in [0.2, 0.25) is 0 Å². The maximum Gasteiger partial charge on any atom is 0.296 e. The predicted octanol–water partition coefficient (Wildman–Crippen LogP) is 1.82. The molecule has 6 heteroatoms. The molecule has 0 N–H and O–H groups in total. The number of rotatable bonds is 4. The summed E-state index contributed by atoms with van der Waals surface area (Å²) in [6.45, 7) is 3.87. The maximum atomic E-state index is 12.6. The van der Waals surface area contributed by atoms with E-state index in [9.17, 15) is 4.79 Å². The standard InChI is InChI=1S/C17H16BN4O/c1-3-4-8-13(2)22-16-15(11-20-22)17(23)21(12-19-16)18-14-9-6-5-7-10-14/h3-12H,1-2H3/b4-3-,13-8+. The molecule has 3 aromatic rings. The van der Waals surface area contributed by atoms with Crippen LogP contribution < -0.4 is 11.0 Å². The molecule has 0 atom stereocenters. The van der Waals surface area contributed by atoms with Crippen molar-refractivity contribution in [3.63, 3.8) is 0 Å². The minimum atomic E-state index is -0.135. The molecule has 1 radical (unpaired) electrons. The third-order valence-electron chi connectivity index (χ3n) is 3.46. The summed E-state index contributed by atoms with van der Waals surface area (Å²) in [5.74, 6) is 0. The first-order chi connectivity index (χ1) is 11.2. The fourth-order valence-electron chi connectivity index (χ4n) is 2.28. The highest BCUT2D eigenvalue weighted by molar-refractivity contribution is 6.51. The van der Waals surface area contributed by atoms with E-state index in [2.05, 4.69) is 10.1 Å². The zero-order valence-electron chi connectivity index (χ0n) is 13.0. The van der Waals surface area contributed by atoms with Gasteiger partial charge in [0.05, 0.1) is 12.5 Å². The maximum absolute atomic E-state index is 12.6. The normalized spacial score (nSPS) is 12.2. The lowest BCUT2D eigenvalue weighted by atomic mass is 9.82. The molecule has 0 spiro atoms. The summed E-state index contributed by atoms with van der Waals surface area (Å²) in [5.41, 5.74) is 2.26. The number of hydrogen-bond donors (Lipinski definition) is 0. The van der Waals surface area contributed by atoms with E-state index >= 15 is 0 Å². The minimum Gasteiger partial charge on any atom is -0.344 e. The lowest BCUT2D eigenvalue weighted by Crippen LogP contribution is -2.32. The highest BCUT2D eigenvalue weighted by Gasteiger charge is 2.11. The Hall–Kier alpha value is -2.89. The van der Waals surface area contributed by atoms with Crippen LogP contribution in [0.3, 0.4) is 0 Å². The Kier molecular flexibility index (Phi) is 4.23. The van der Waals surface area contributed by atoms with E-state index in [-0.39, 0.29) is 5.56 Å². The molecule has 0 aliphatic heterocycles. The molecule has 0 bridgehead atoms. The number of fused-ring (bicyclic) bond motifs is 1. The van der Waals surface area contributed by atoms with Crippen molar-refractivity contribution in [3.8, 4) is 0 Å². The summed E-state index contributed by atoms with van der Waals surface area (Å²) in [7, 11) is 1.76. The zero-order valence-corrected chi connectivity index (χ0v) is 13.0. The van der Waals surface area contributed by atoms with Crippen LogP contribution in [-0.2, 0) is 0 Å². The highest BCUT2D eigenvalue weighted by Crippen LogP contribution is 2.11. The van der Waals surface area contributed by atoms with Gasteiger partial charge in [0.2, 0.25) is 0 Å². The van der Waals surface area contributed by atoms with Gasteiger partial charge in [-0.05, 0) is 19.9 Å². The largest absolute Gasteiger partial charge is 0.344 e. The second kappa shape index (κ2) is 6.48. The van der Waals surface area contributed by atoms with E-state index in [4.69, 9.17) is 0 Å². The van der Waals surface area contributed by atoms with Crippen molar-refractivity contribution in [1.29, 1.82) is 0 Å². The average molecular weight is 303 g/mol. The number of allylic oxidation sites excluding steroid dienone is 4. The summed E-state index contributed by atoms with van der Waals surface area (Å²) >= 11 is 0. The van der Waals surface area contributed by atoms with Gasteiger partial charge in [-0.1, -0.05) is 47.9 Å². The first-order valence-corrected chi connectivity index (χ1v) is 7.35. The highest BCUT2D eigenvalue weighted by atomic mass is 16.1. The molecule has 0 saturated carbocycles. The molecule has 2 heterocycles.